The average Bonchev–Trinajstić information content (AvgIpc) is 3.01. The Balaban J connectivity index is 2.19. The van der Waals surface area contributed by atoms with Crippen molar-refractivity contribution < 1.29 is 0 Å². The van der Waals surface area contributed by atoms with Crippen LogP contribution in [0.25, 0.3) is 0 Å². The monoisotopic (exact) mass is 298 g/mol. The number of hydrogen-bond donors (Lipinski definition) is 1. The molecule has 0 radical (unpaired) electrons. The zero-order valence-corrected chi connectivity index (χ0v) is 13.6. The van der Waals surface area contributed by atoms with E-state index in [1.807, 2.05) is 0 Å². The van der Waals surface area contributed by atoms with E-state index in [1.54, 1.807) is 0 Å². The molecule has 1 aromatic heterocycles. The molecule has 1 saturated carbocycles. The Kier molecular flexibility index (Phi) is 3.94. The molecule has 21 heavy (non-hydrogen) atoms. The largest absolute Gasteiger partial charge is 0.346 e. The number of hydrogen-bond acceptors (Lipinski definition) is 2. The van der Waals surface area contributed by atoms with Crippen LogP contribution < -0.4 is 0 Å². The van der Waals surface area contributed by atoms with Crippen LogP contribution in [-0.4, -0.2) is 9.97 Å². The fourth-order valence-electron chi connectivity index (χ4n) is 3.56. The summed E-state index contributed by atoms with van der Waals surface area (Å²) in [5.74, 6) is 1.07. The van der Waals surface area contributed by atoms with E-state index >= 15 is 0 Å². The SMILES string of the molecule is CCc1[nH]c(C2(c3ccccc3)CCCC2)nc(=S)c1C. The third kappa shape index (κ3) is 2.44. The number of nitrogens with one attached hydrogen (secondary N) is 1. The van der Waals surface area contributed by atoms with Gasteiger partial charge in [0.1, 0.15) is 10.5 Å². The quantitative estimate of drug-likeness (QED) is 0.819. The molecule has 1 aliphatic carbocycles. The second-order valence-corrected chi connectivity index (χ2v) is 6.39. The van der Waals surface area contributed by atoms with Gasteiger partial charge in [-0.2, -0.15) is 0 Å². The Bertz CT molecular complexity index is 682. The number of benzene rings is 1. The summed E-state index contributed by atoms with van der Waals surface area (Å²) in [5, 5.41) is 0. The van der Waals surface area contributed by atoms with Crippen LogP contribution in [0, 0.1) is 11.6 Å². The van der Waals surface area contributed by atoms with E-state index in [9.17, 15) is 0 Å². The summed E-state index contributed by atoms with van der Waals surface area (Å²) in [4.78, 5) is 8.38. The van der Waals surface area contributed by atoms with Crippen LogP contribution in [0.2, 0.25) is 0 Å². The molecule has 0 bridgehead atoms. The van der Waals surface area contributed by atoms with Crippen molar-refractivity contribution in [2.75, 3.05) is 0 Å². The maximum absolute atomic E-state index is 5.50. The maximum Gasteiger partial charge on any atom is 0.132 e. The van der Waals surface area contributed by atoms with Crippen LogP contribution in [0.4, 0.5) is 0 Å². The minimum absolute atomic E-state index is 0.0203. The van der Waals surface area contributed by atoms with E-state index in [1.165, 1.54) is 24.1 Å². The molecule has 3 heteroatoms. The predicted octanol–water partition coefficient (Wildman–Crippen LogP) is 4.87. The normalized spacial score (nSPS) is 17.0. The summed E-state index contributed by atoms with van der Waals surface area (Å²) in [7, 11) is 0. The van der Waals surface area contributed by atoms with Gasteiger partial charge in [-0.05, 0) is 31.7 Å². The van der Waals surface area contributed by atoms with Crippen molar-refractivity contribution in [2.45, 2.75) is 51.4 Å². The molecule has 1 N–H and O–H groups in total. The minimum Gasteiger partial charge on any atom is -0.346 e. The lowest BCUT2D eigenvalue weighted by Crippen LogP contribution is -2.27. The molecule has 0 aliphatic heterocycles. The Morgan fingerprint density at radius 3 is 2.48 bits per heavy atom. The van der Waals surface area contributed by atoms with Gasteiger partial charge in [-0.3, -0.25) is 0 Å². The highest BCUT2D eigenvalue weighted by atomic mass is 32.1. The molecule has 2 aromatic rings. The van der Waals surface area contributed by atoms with Gasteiger partial charge in [0.05, 0.1) is 5.41 Å². The molecule has 0 amide bonds. The molecular formula is C18H22N2S. The summed E-state index contributed by atoms with van der Waals surface area (Å²) in [5.41, 5.74) is 3.74. The lowest BCUT2D eigenvalue weighted by atomic mass is 9.78. The summed E-state index contributed by atoms with van der Waals surface area (Å²) in [6.45, 7) is 4.24. The Morgan fingerprint density at radius 2 is 1.86 bits per heavy atom. The van der Waals surface area contributed by atoms with Crippen LogP contribution in [0.1, 0.15) is 55.3 Å². The molecule has 1 fully saturated rings. The van der Waals surface area contributed by atoms with E-state index in [2.05, 4.69) is 49.2 Å². The van der Waals surface area contributed by atoms with Gasteiger partial charge in [-0.25, -0.2) is 4.98 Å². The molecule has 110 valence electrons. The standard InChI is InChI=1S/C18H22N2S/c1-3-15-13(2)16(21)20-17(19-15)18(11-7-8-12-18)14-9-5-4-6-10-14/h4-6,9-10H,3,7-8,11-12H2,1-2H3,(H,19,20,21). The zero-order valence-electron chi connectivity index (χ0n) is 12.8. The maximum atomic E-state index is 5.50. The Hall–Kier alpha value is -1.48. The molecular weight excluding hydrogens is 276 g/mol. The van der Waals surface area contributed by atoms with Gasteiger partial charge in [-0.1, -0.05) is 62.3 Å². The van der Waals surface area contributed by atoms with Crippen LogP contribution in [-0.2, 0) is 11.8 Å². The highest BCUT2D eigenvalue weighted by Gasteiger charge is 2.39. The summed E-state index contributed by atoms with van der Waals surface area (Å²) in [6, 6.07) is 10.8. The fourth-order valence-corrected chi connectivity index (χ4v) is 3.77. The fraction of sp³-hybridized carbons (Fsp3) is 0.444. The molecule has 0 saturated heterocycles. The third-order valence-corrected chi connectivity index (χ3v) is 5.24. The van der Waals surface area contributed by atoms with E-state index in [-0.39, 0.29) is 5.41 Å². The van der Waals surface area contributed by atoms with Gasteiger partial charge in [0.15, 0.2) is 0 Å². The lowest BCUT2D eigenvalue weighted by molar-refractivity contribution is 0.495. The van der Waals surface area contributed by atoms with Gasteiger partial charge >= 0.3 is 0 Å². The van der Waals surface area contributed by atoms with Crippen molar-refractivity contribution >= 4 is 12.2 Å². The molecule has 1 aromatic carbocycles. The molecule has 3 rings (SSSR count). The number of nitrogens with zero attached hydrogens (tertiary/aromatic N) is 1. The van der Waals surface area contributed by atoms with Gasteiger partial charge in [0.2, 0.25) is 0 Å². The van der Waals surface area contributed by atoms with Gasteiger partial charge in [0.25, 0.3) is 0 Å². The van der Waals surface area contributed by atoms with Crippen molar-refractivity contribution in [1.29, 1.82) is 0 Å². The summed E-state index contributed by atoms with van der Waals surface area (Å²) >= 11 is 5.50. The van der Waals surface area contributed by atoms with E-state index in [4.69, 9.17) is 17.2 Å². The average molecular weight is 298 g/mol. The number of aryl methyl sites for hydroxylation is 1. The van der Waals surface area contributed by atoms with E-state index < -0.39 is 0 Å². The third-order valence-electron chi connectivity index (χ3n) is 4.85. The number of aromatic amines is 1. The lowest BCUT2D eigenvalue weighted by Gasteiger charge is -2.29. The van der Waals surface area contributed by atoms with E-state index in [0.717, 1.165) is 35.3 Å². The first-order valence-corrected chi connectivity index (χ1v) is 8.24. The molecule has 0 unspecified atom stereocenters. The second-order valence-electron chi connectivity index (χ2n) is 6.00. The Labute approximate surface area is 131 Å². The van der Waals surface area contributed by atoms with Crippen molar-refractivity contribution in [2.24, 2.45) is 0 Å². The zero-order chi connectivity index (χ0) is 14.9. The predicted molar refractivity (Wildman–Crippen MR) is 89.2 cm³/mol. The first-order valence-electron chi connectivity index (χ1n) is 7.83. The molecule has 2 nitrogen and oxygen atoms in total. The highest BCUT2D eigenvalue weighted by molar-refractivity contribution is 7.71. The topological polar surface area (TPSA) is 28.7 Å². The molecule has 1 heterocycles. The summed E-state index contributed by atoms with van der Waals surface area (Å²) < 4.78 is 0.753. The van der Waals surface area contributed by atoms with Gasteiger partial charge in [0, 0.05) is 11.3 Å². The minimum atomic E-state index is 0.0203. The van der Waals surface area contributed by atoms with E-state index in [0.29, 0.717) is 0 Å². The first kappa shape index (κ1) is 14.5. The van der Waals surface area contributed by atoms with Crippen molar-refractivity contribution in [3.63, 3.8) is 0 Å². The highest BCUT2D eigenvalue weighted by Crippen LogP contribution is 2.45. The molecule has 1 aliphatic rings. The van der Waals surface area contributed by atoms with Crippen molar-refractivity contribution in [3.8, 4) is 0 Å². The summed E-state index contributed by atoms with van der Waals surface area (Å²) in [6.07, 6.45) is 5.79. The van der Waals surface area contributed by atoms with Crippen LogP contribution in [0.3, 0.4) is 0 Å². The number of aromatic nitrogens is 2. The smallest absolute Gasteiger partial charge is 0.132 e. The van der Waals surface area contributed by atoms with Crippen LogP contribution >= 0.6 is 12.2 Å². The second kappa shape index (κ2) is 5.72. The van der Waals surface area contributed by atoms with Crippen LogP contribution in [0.5, 0.6) is 0 Å². The first-order chi connectivity index (χ1) is 10.2. The number of rotatable bonds is 3. The molecule has 0 spiro atoms. The molecule has 0 atom stereocenters. The Morgan fingerprint density at radius 1 is 1.19 bits per heavy atom. The van der Waals surface area contributed by atoms with Crippen molar-refractivity contribution in [3.05, 3.63) is 57.6 Å². The van der Waals surface area contributed by atoms with Gasteiger partial charge < -0.3 is 4.98 Å². The van der Waals surface area contributed by atoms with Crippen molar-refractivity contribution in [1.82, 2.24) is 9.97 Å². The number of H-pyrrole nitrogens is 1. The van der Waals surface area contributed by atoms with Crippen LogP contribution in [0.15, 0.2) is 30.3 Å². The van der Waals surface area contributed by atoms with Gasteiger partial charge in [-0.15, -0.1) is 0 Å².